The molecule has 1 atom stereocenters. The third-order valence-corrected chi connectivity index (χ3v) is 7.54. The van der Waals surface area contributed by atoms with Crippen LogP contribution >= 0.6 is 0 Å². The number of rotatable bonds is 6. The van der Waals surface area contributed by atoms with Gasteiger partial charge in [0, 0.05) is 37.3 Å². The Morgan fingerprint density at radius 3 is 2.58 bits per heavy atom. The monoisotopic (exact) mass is 449 g/mol. The highest BCUT2D eigenvalue weighted by molar-refractivity contribution is 5.80. The molecule has 0 spiro atoms. The molecule has 1 saturated heterocycles. The van der Waals surface area contributed by atoms with Crippen molar-refractivity contribution in [3.63, 3.8) is 0 Å². The van der Waals surface area contributed by atoms with Crippen molar-refractivity contribution in [3.8, 4) is 0 Å². The Morgan fingerprint density at radius 2 is 1.85 bits per heavy atom. The zero-order chi connectivity index (χ0) is 22.8. The average molecular weight is 450 g/mol. The molecule has 5 rings (SSSR count). The molecule has 0 amide bonds. The van der Waals surface area contributed by atoms with Crippen LogP contribution in [0, 0.1) is 0 Å². The lowest BCUT2D eigenvalue weighted by Gasteiger charge is -2.38. The van der Waals surface area contributed by atoms with Crippen LogP contribution in [0.25, 0.3) is 10.9 Å². The molecule has 8 nitrogen and oxygen atoms in total. The van der Waals surface area contributed by atoms with E-state index >= 15 is 0 Å². The number of piperazine rings is 1. The Bertz CT molecular complexity index is 1140. The Morgan fingerprint density at radius 1 is 1.06 bits per heavy atom. The summed E-state index contributed by atoms with van der Waals surface area (Å²) in [7, 11) is 0. The lowest BCUT2D eigenvalue weighted by molar-refractivity contribution is 0.106. The number of nitrogens with zero attached hydrogens (tertiary/aromatic N) is 6. The minimum absolute atomic E-state index is 0.0483. The van der Waals surface area contributed by atoms with Gasteiger partial charge >= 0.3 is 0 Å². The SMILES string of the molecule is CCc1ccc2[nH]c(=O)c(C(c3nnnn3C3CCCCC3)N3CCN(CC)CC3)cc2c1. The van der Waals surface area contributed by atoms with E-state index in [-0.39, 0.29) is 11.6 Å². The maximum absolute atomic E-state index is 13.4. The van der Waals surface area contributed by atoms with Gasteiger partial charge in [-0.05, 0) is 65.4 Å². The first-order chi connectivity index (χ1) is 16.2. The second-order valence-electron chi connectivity index (χ2n) is 9.48. The van der Waals surface area contributed by atoms with Gasteiger partial charge in [0.15, 0.2) is 5.82 Å². The molecule has 1 unspecified atom stereocenters. The van der Waals surface area contributed by atoms with Gasteiger partial charge < -0.3 is 9.88 Å². The van der Waals surface area contributed by atoms with Crippen LogP contribution in [0.1, 0.15) is 75.0 Å². The Labute approximate surface area is 195 Å². The van der Waals surface area contributed by atoms with Gasteiger partial charge in [-0.3, -0.25) is 9.69 Å². The molecule has 3 aromatic rings. The van der Waals surface area contributed by atoms with Gasteiger partial charge in [0.05, 0.1) is 6.04 Å². The minimum atomic E-state index is -0.251. The number of pyridine rings is 1. The zero-order valence-electron chi connectivity index (χ0n) is 19.8. The van der Waals surface area contributed by atoms with E-state index in [9.17, 15) is 4.79 Å². The van der Waals surface area contributed by atoms with E-state index in [0.29, 0.717) is 6.04 Å². The molecule has 3 heterocycles. The van der Waals surface area contributed by atoms with Gasteiger partial charge in [-0.2, -0.15) is 0 Å². The Kier molecular flexibility index (Phi) is 6.55. The summed E-state index contributed by atoms with van der Waals surface area (Å²) in [6.07, 6.45) is 6.86. The first kappa shape index (κ1) is 22.2. The summed E-state index contributed by atoms with van der Waals surface area (Å²) in [6.45, 7) is 9.17. The van der Waals surface area contributed by atoms with Crippen molar-refractivity contribution >= 4 is 10.9 Å². The van der Waals surface area contributed by atoms with Gasteiger partial charge in [-0.1, -0.05) is 39.2 Å². The standard InChI is InChI=1S/C25H35N7O/c1-3-18-10-11-22-19(16-18)17-21(25(33)26-22)23(31-14-12-30(4-2)13-15-31)24-27-28-29-32(24)20-8-6-5-7-9-20/h10-11,16-17,20,23H,3-9,12-15H2,1-2H3,(H,26,33). The lowest BCUT2D eigenvalue weighted by Crippen LogP contribution is -2.49. The maximum Gasteiger partial charge on any atom is 0.253 e. The van der Waals surface area contributed by atoms with Crippen LogP contribution in [0.3, 0.4) is 0 Å². The maximum atomic E-state index is 13.4. The Hall–Kier alpha value is -2.58. The fraction of sp³-hybridized carbons (Fsp3) is 0.600. The van der Waals surface area contributed by atoms with Gasteiger partial charge in [0.25, 0.3) is 5.56 Å². The van der Waals surface area contributed by atoms with Crippen molar-refractivity contribution in [1.29, 1.82) is 0 Å². The van der Waals surface area contributed by atoms with E-state index in [1.807, 2.05) is 10.7 Å². The van der Waals surface area contributed by atoms with Crippen LogP contribution in [0.5, 0.6) is 0 Å². The largest absolute Gasteiger partial charge is 0.322 e. The molecular formula is C25H35N7O. The number of aryl methyl sites for hydroxylation is 1. The van der Waals surface area contributed by atoms with Gasteiger partial charge in [-0.15, -0.1) is 5.10 Å². The number of fused-ring (bicyclic) bond motifs is 1. The molecular weight excluding hydrogens is 414 g/mol. The summed E-state index contributed by atoms with van der Waals surface area (Å²) < 4.78 is 2.03. The second-order valence-corrected chi connectivity index (χ2v) is 9.48. The van der Waals surface area contributed by atoms with Crippen molar-refractivity contribution in [2.45, 2.75) is 64.5 Å². The molecule has 33 heavy (non-hydrogen) atoms. The predicted molar refractivity (Wildman–Crippen MR) is 129 cm³/mol. The van der Waals surface area contributed by atoms with Gasteiger partial charge in [0.2, 0.25) is 0 Å². The minimum Gasteiger partial charge on any atom is -0.322 e. The molecule has 2 fully saturated rings. The van der Waals surface area contributed by atoms with Crippen molar-refractivity contribution in [2.75, 3.05) is 32.7 Å². The smallest absolute Gasteiger partial charge is 0.253 e. The van der Waals surface area contributed by atoms with E-state index in [1.165, 1.54) is 24.8 Å². The number of aromatic amines is 1. The number of tetrazole rings is 1. The number of likely N-dealkylation sites (N-methyl/N-ethyl adjacent to an activating group) is 1. The topological polar surface area (TPSA) is 82.9 Å². The summed E-state index contributed by atoms with van der Waals surface area (Å²) in [5, 5.41) is 14.1. The summed E-state index contributed by atoms with van der Waals surface area (Å²) >= 11 is 0. The van der Waals surface area contributed by atoms with Crippen LogP contribution < -0.4 is 5.56 Å². The first-order valence-corrected chi connectivity index (χ1v) is 12.6. The number of benzene rings is 1. The highest BCUT2D eigenvalue weighted by Crippen LogP contribution is 2.33. The third-order valence-electron chi connectivity index (χ3n) is 7.54. The number of hydrogen-bond acceptors (Lipinski definition) is 6. The van der Waals surface area contributed by atoms with E-state index in [4.69, 9.17) is 0 Å². The summed E-state index contributed by atoms with van der Waals surface area (Å²) in [6, 6.07) is 8.42. The van der Waals surface area contributed by atoms with E-state index in [1.54, 1.807) is 0 Å². The number of hydrogen-bond donors (Lipinski definition) is 1. The normalized spacial score (nSPS) is 19.8. The molecule has 1 saturated carbocycles. The fourth-order valence-electron chi connectivity index (χ4n) is 5.50. The quantitative estimate of drug-likeness (QED) is 0.622. The lowest BCUT2D eigenvalue weighted by atomic mass is 9.95. The summed E-state index contributed by atoms with van der Waals surface area (Å²) in [5.41, 5.74) is 2.84. The van der Waals surface area contributed by atoms with E-state index in [0.717, 1.165) is 74.3 Å². The summed E-state index contributed by atoms with van der Waals surface area (Å²) in [5.74, 6) is 0.809. The first-order valence-electron chi connectivity index (χ1n) is 12.6. The van der Waals surface area contributed by atoms with Crippen LogP contribution in [0.4, 0.5) is 0 Å². The molecule has 0 bridgehead atoms. The number of nitrogens with one attached hydrogen (secondary N) is 1. The predicted octanol–water partition coefficient (Wildman–Crippen LogP) is 3.31. The van der Waals surface area contributed by atoms with Crippen LogP contribution in [-0.2, 0) is 6.42 Å². The van der Waals surface area contributed by atoms with Crippen LogP contribution in [-0.4, -0.2) is 67.7 Å². The highest BCUT2D eigenvalue weighted by Gasteiger charge is 2.34. The van der Waals surface area contributed by atoms with Gasteiger partial charge in [-0.25, -0.2) is 4.68 Å². The Balaban J connectivity index is 1.60. The zero-order valence-corrected chi connectivity index (χ0v) is 19.8. The molecule has 1 aliphatic heterocycles. The van der Waals surface area contributed by atoms with Crippen molar-refractivity contribution in [1.82, 2.24) is 35.0 Å². The van der Waals surface area contributed by atoms with Crippen LogP contribution in [0.2, 0.25) is 0 Å². The molecule has 2 aliphatic rings. The highest BCUT2D eigenvalue weighted by atomic mass is 16.1. The summed E-state index contributed by atoms with van der Waals surface area (Å²) in [4.78, 5) is 21.4. The molecule has 8 heteroatoms. The molecule has 176 valence electrons. The molecule has 1 N–H and O–H groups in total. The van der Waals surface area contributed by atoms with Crippen molar-refractivity contribution in [2.24, 2.45) is 0 Å². The number of aromatic nitrogens is 5. The third kappa shape index (κ3) is 4.46. The van der Waals surface area contributed by atoms with Crippen molar-refractivity contribution < 1.29 is 0 Å². The van der Waals surface area contributed by atoms with E-state index in [2.05, 4.69) is 62.4 Å². The average Bonchev–Trinajstić information content (AvgIpc) is 3.34. The molecule has 0 radical (unpaired) electrons. The molecule has 1 aromatic carbocycles. The van der Waals surface area contributed by atoms with E-state index < -0.39 is 0 Å². The van der Waals surface area contributed by atoms with Crippen molar-refractivity contribution in [3.05, 3.63) is 51.6 Å². The second kappa shape index (κ2) is 9.73. The molecule has 1 aliphatic carbocycles. The van der Waals surface area contributed by atoms with Gasteiger partial charge in [0.1, 0.15) is 6.04 Å². The number of H-pyrrole nitrogens is 1. The molecule has 2 aromatic heterocycles. The fourth-order valence-corrected chi connectivity index (χ4v) is 5.50. The van der Waals surface area contributed by atoms with Crippen LogP contribution in [0.15, 0.2) is 29.1 Å².